The minimum atomic E-state index is -0.0151. The van der Waals surface area contributed by atoms with Crippen LogP contribution in [0.1, 0.15) is 27.3 Å². The average Bonchev–Trinajstić information content (AvgIpc) is 2.88. The van der Waals surface area contributed by atoms with Gasteiger partial charge in [-0.2, -0.15) is 0 Å². The summed E-state index contributed by atoms with van der Waals surface area (Å²) in [6.45, 7) is 5.26. The predicted octanol–water partition coefficient (Wildman–Crippen LogP) is 3.20. The van der Waals surface area contributed by atoms with Crippen molar-refractivity contribution in [3.8, 4) is 0 Å². The molecule has 0 spiro atoms. The molecular formula is C21H28ClN3O2. The van der Waals surface area contributed by atoms with Gasteiger partial charge in [0.2, 0.25) is 5.91 Å². The molecule has 1 amide bonds. The molecule has 0 aliphatic carbocycles. The van der Waals surface area contributed by atoms with E-state index in [1.165, 1.54) is 10.5 Å². The number of benzene rings is 1. The largest absolute Gasteiger partial charge is 0.348 e. The molecule has 6 heteroatoms. The van der Waals surface area contributed by atoms with E-state index in [1.807, 2.05) is 44.2 Å². The standard InChI is InChI=1S/C21H28ClN3O2/c1-15-12-19(20(26)13-24(5)14-21(27)23(3)4)16(2)25(15)11-10-17-6-8-18(22)9-7-17/h6-9,12H,10-11,13-14H2,1-5H3. The minimum Gasteiger partial charge on any atom is -0.348 e. The molecule has 2 aromatic rings. The van der Waals surface area contributed by atoms with E-state index in [1.54, 1.807) is 26.0 Å². The van der Waals surface area contributed by atoms with Crippen LogP contribution in [0.3, 0.4) is 0 Å². The van der Waals surface area contributed by atoms with Crippen LogP contribution in [0.25, 0.3) is 0 Å². The van der Waals surface area contributed by atoms with Crippen molar-refractivity contribution in [2.45, 2.75) is 26.8 Å². The van der Waals surface area contributed by atoms with Gasteiger partial charge in [-0.1, -0.05) is 23.7 Å². The molecular weight excluding hydrogens is 362 g/mol. The first-order chi connectivity index (χ1) is 12.7. The third kappa shape index (κ3) is 5.68. The zero-order valence-electron chi connectivity index (χ0n) is 16.8. The van der Waals surface area contributed by atoms with Crippen molar-refractivity contribution in [3.05, 3.63) is 57.9 Å². The van der Waals surface area contributed by atoms with Crippen molar-refractivity contribution in [3.63, 3.8) is 0 Å². The van der Waals surface area contributed by atoms with Gasteiger partial charge in [-0.15, -0.1) is 0 Å². The zero-order chi connectivity index (χ0) is 20.1. The number of carbonyl (C=O) groups is 2. The molecule has 2 rings (SSSR count). The van der Waals surface area contributed by atoms with E-state index in [9.17, 15) is 9.59 Å². The SMILES string of the molecule is Cc1cc(C(=O)CN(C)CC(=O)N(C)C)c(C)n1CCc1ccc(Cl)cc1. The molecule has 0 radical (unpaired) electrons. The van der Waals surface area contributed by atoms with E-state index in [0.717, 1.165) is 34.9 Å². The van der Waals surface area contributed by atoms with E-state index in [2.05, 4.69) is 4.57 Å². The second kappa shape index (κ2) is 9.20. The molecule has 0 atom stereocenters. The molecule has 1 aromatic heterocycles. The first-order valence-electron chi connectivity index (χ1n) is 9.02. The maximum atomic E-state index is 12.7. The average molecular weight is 390 g/mol. The Balaban J connectivity index is 2.04. The van der Waals surface area contributed by atoms with Crippen LogP contribution in [0.4, 0.5) is 0 Å². The third-order valence-corrected chi connectivity index (χ3v) is 4.98. The van der Waals surface area contributed by atoms with Crippen molar-refractivity contribution in [1.82, 2.24) is 14.4 Å². The number of ketones is 1. The maximum Gasteiger partial charge on any atom is 0.236 e. The van der Waals surface area contributed by atoms with E-state index in [4.69, 9.17) is 11.6 Å². The van der Waals surface area contributed by atoms with Gasteiger partial charge < -0.3 is 9.47 Å². The highest BCUT2D eigenvalue weighted by Crippen LogP contribution is 2.18. The van der Waals surface area contributed by atoms with Gasteiger partial charge in [0.05, 0.1) is 13.1 Å². The molecule has 0 N–H and O–H groups in total. The summed E-state index contributed by atoms with van der Waals surface area (Å²) in [5, 5.41) is 0.733. The molecule has 0 aliphatic heterocycles. The number of hydrogen-bond donors (Lipinski definition) is 0. The summed E-state index contributed by atoms with van der Waals surface area (Å²) in [6.07, 6.45) is 0.873. The summed E-state index contributed by atoms with van der Waals surface area (Å²) in [6, 6.07) is 9.79. The first kappa shape index (κ1) is 21.2. The van der Waals surface area contributed by atoms with Gasteiger partial charge in [0.1, 0.15) is 0 Å². The van der Waals surface area contributed by atoms with E-state index >= 15 is 0 Å². The summed E-state index contributed by atoms with van der Waals surface area (Å²) in [4.78, 5) is 27.8. The Labute approximate surface area is 166 Å². The van der Waals surface area contributed by atoms with E-state index in [0.29, 0.717) is 0 Å². The first-order valence-corrected chi connectivity index (χ1v) is 9.40. The molecule has 146 valence electrons. The summed E-state index contributed by atoms with van der Waals surface area (Å²) in [5.74, 6) is 0.0219. The number of hydrogen-bond acceptors (Lipinski definition) is 3. The highest BCUT2D eigenvalue weighted by Gasteiger charge is 2.18. The Morgan fingerprint density at radius 2 is 1.67 bits per heavy atom. The number of amides is 1. The summed E-state index contributed by atoms with van der Waals surface area (Å²) in [5.41, 5.74) is 3.98. The molecule has 0 saturated carbocycles. The number of halogens is 1. The van der Waals surface area contributed by atoms with Crippen molar-refractivity contribution in [2.75, 3.05) is 34.2 Å². The van der Waals surface area contributed by atoms with Crippen LogP contribution in [0.15, 0.2) is 30.3 Å². The molecule has 0 unspecified atom stereocenters. The number of rotatable bonds is 8. The van der Waals surface area contributed by atoms with Crippen LogP contribution in [0.2, 0.25) is 5.02 Å². The van der Waals surface area contributed by atoms with Crippen LogP contribution < -0.4 is 0 Å². The fourth-order valence-electron chi connectivity index (χ4n) is 3.08. The molecule has 0 aliphatic rings. The van der Waals surface area contributed by atoms with Gasteiger partial charge in [0.15, 0.2) is 5.78 Å². The van der Waals surface area contributed by atoms with Crippen LogP contribution in [0.5, 0.6) is 0 Å². The molecule has 5 nitrogen and oxygen atoms in total. The highest BCUT2D eigenvalue weighted by atomic mass is 35.5. The molecule has 27 heavy (non-hydrogen) atoms. The Kier molecular flexibility index (Phi) is 7.22. The lowest BCUT2D eigenvalue weighted by molar-refractivity contribution is -0.129. The molecule has 0 saturated heterocycles. The lowest BCUT2D eigenvalue weighted by Crippen LogP contribution is -2.37. The summed E-state index contributed by atoms with van der Waals surface area (Å²) >= 11 is 5.94. The van der Waals surface area contributed by atoms with Gasteiger partial charge in [0.25, 0.3) is 0 Å². The summed E-state index contributed by atoms with van der Waals surface area (Å²) < 4.78 is 2.17. The minimum absolute atomic E-state index is 0.0151. The highest BCUT2D eigenvalue weighted by molar-refractivity contribution is 6.30. The Morgan fingerprint density at radius 1 is 1.04 bits per heavy atom. The van der Waals surface area contributed by atoms with Crippen molar-refractivity contribution < 1.29 is 9.59 Å². The topological polar surface area (TPSA) is 45.6 Å². The van der Waals surface area contributed by atoms with Crippen LogP contribution in [0, 0.1) is 13.8 Å². The molecule has 1 heterocycles. The van der Waals surface area contributed by atoms with Gasteiger partial charge in [-0.3, -0.25) is 14.5 Å². The third-order valence-electron chi connectivity index (χ3n) is 4.73. The quantitative estimate of drug-likeness (QED) is 0.651. The lowest BCUT2D eigenvalue weighted by Gasteiger charge is -2.18. The second-order valence-corrected chi connectivity index (χ2v) is 7.63. The van der Waals surface area contributed by atoms with Crippen LogP contribution in [-0.2, 0) is 17.8 Å². The van der Waals surface area contributed by atoms with Gasteiger partial charge in [-0.25, -0.2) is 0 Å². The van der Waals surface area contributed by atoms with Crippen molar-refractivity contribution >= 4 is 23.3 Å². The monoisotopic (exact) mass is 389 g/mol. The number of carbonyl (C=O) groups excluding carboxylic acids is 2. The fourth-order valence-corrected chi connectivity index (χ4v) is 3.20. The Morgan fingerprint density at radius 3 is 2.26 bits per heavy atom. The van der Waals surface area contributed by atoms with Crippen molar-refractivity contribution in [1.29, 1.82) is 0 Å². The number of Topliss-reactive ketones (excluding diaryl/α,β-unsaturated/α-hetero) is 1. The second-order valence-electron chi connectivity index (χ2n) is 7.20. The number of aromatic nitrogens is 1. The molecule has 0 fully saturated rings. The number of likely N-dealkylation sites (N-methyl/N-ethyl adjacent to an activating group) is 2. The fraction of sp³-hybridized carbons (Fsp3) is 0.429. The van der Waals surface area contributed by atoms with Gasteiger partial charge >= 0.3 is 0 Å². The Bertz CT molecular complexity index is 810. The van der Waals surface area contributed by atoms with E-state index in [-0.39, 0.29) is 24.8 Å². The Hall–Kier alpha value is -2.11. The lowest BCUT2D eigenvalue weighted by atomic mass is 10.1. The molecule has 0 bridgehead atoms. The summed E-state index contributed by atoms with van der Waals surface area (Å²) in [7, 11) is 5.22. The maximum absolute atomic E-state index is 12.7. The molecule has 1 aromatic carbocycles. The van der Waals surface area contributed by atoms with Crippen LogP contribution in [-0.4, -0.2) is 60.3 Å². The smallest absolute Gasteiger partial charge is 0.236 e. The zero-order valence-corrected chi connectivity index (χ0v) is 17.5. The van der Waals surface area contributed by atoms with Crippen LogP contribution >= 0.6 is 11.6 Å². The number of aryl methyl sites for hydroxylation is 2. The van der Waals surface area contributed by atoms with Gasteiger partial charge in [0, 0.05) is 42.6 Å². The van der Waals surface area contributed by atoms with E-state index < -0.39 is 0 Å². The van der Waals surface area contributed by atoms with Gasteiger partial charge in [-0.05, 0) is 51.1 Å². The normalized spacial score (nSPS) is 11.1. The predicted molar refractivity (Wildman–Crippen MR) is 110 cm³/mol. The number of nitrogens with zero attached hydrogens (tertiary/aromatic N) is 3. The van der Waals surface area contributed by atoms with Crippen molar-refractivity contribution in [2.24, 2.45) is 0 Å².